The first-order chi connectivity index (χ1) is 10.7. The molecule has 0 unspecified atom stereocenters. The van der Waals surface area contributed by atoms with Crippen LogP contribution >= 0.6 is 15.9 Å². The smallest absolute Gasteiger partial charge is 0.328 e. The maximum Gasteiger partial charge on any atom is 0.328 e. The van der Waals surface area contributed by atoms with Gasteiger partial charge in [0.05, 0.1) is 6.61 Å². The fourth-order valence-electron chi connectivity index (χ4n) is 2.65. The Morgan fingerprint density at radius 3 is 2.83 bits per heavy atom. The van der Waals surface area contributed by atoms with Gasteiger partial charge in [0.2, 0.25) is 5.91 Å². The number of aliphatic hydroxyl groups excluding tert-OH is 1. The number of methoxy groups -OCH3 is 1. The minimum atomic E-state index is -2.02. The van der Waals surface area contributed by atoms with Crippen molar-refractivity contribution >= 4 is 27.9 Å². The Balaban J connectivity index is 2.35. The van der Waals surface area contributed by atoms with Crippen molar-refractivity contribution in [3.8, 4) is 0 Å². The Morgan fingerprint density at radius 1 is 1.65 bits per heavy atom. The third-order valence-corrected chi connectivity index (χ3v) is 4.60. The molecule has 128 valence electrons. The van der Waals surface area contributed by atoms with Gasteiger partial charge in [-0.1, -0.05) is 21.0 Å². The predicted molar refractivity (Wildman–Crippen MR) is 78.0 cm³/mol. The van der Waals surface area contributed by atoms with Crippen molar-refractivity contribution in [1.82, 2.24) is 10.2 Å². The van der Waals surface area contributed by atoms with Crippen LogP contribution < -0.4 is 5.32 Å². The summed E-state index contributed by atoms with van der Waals surface area (Å²) < 4.78 is 9.42. The van der Waals surface area contributed by atoms with E-state index in [1.807, 2.05) is 0 Å². The minimum Gasteiger partial charge on any atom is -0.394 e. The fourth-order valence-corrected chi connectivity index (χ4v) is 3.16. The van der Waals surface area contributed by atoms with Gasteiger partial charge in [-0.15, -0.1) is 0 Å². The second-order valence-electron chi connectivity index (χ2n) is 5.36. The first-order valence-corrected chi connectivity index (χ1v) is 7.41. The van der Waals surface area contributed by atoms with E-state index in [4.69, 9.17) is 15.0 Å². The van der Waals surface area contributed by atoms with Crippen LogP contribution in [0, 0.1) is 0 Å². The lowest BCUT2D eigenvalue weighted by molar-refractivity contribution is -0.155. The Labute approximate surface area is 139 Å². The van der Waals surface area contributed by atoms with Crippen LogP contribution in [0.25, 0.3) is 10.4 Å². The van der Waals surface area contributed by atoms with Crippen LogP contribution in [0.15, 0.2) is 5.11 Å². The molecule has 2 heterocycles. The Morgan fingerprint density at radius 2 is 2.30 bits per heavy atom. The number of halogens is 1. The van der Waals surface area contributed by atoms with E-state index in [1.54, 1.807) is 0 Å². The molecule has 0 aliphatic carbocycles. The Bertz CT molecular complexity index is 567. The summed E-state index contributed by atoms with van der Waals surface area (Å²) in [6, 6.07) is -0.786. The van der Waals surface area contributed by atoms with Gasteiger partial charge in [0.15, 0.2) is 12.0 Å². The van der Waals surface area contributed by atoms with Gasteiger partial charge >= 0.3 is 6.03 Å². The van der Waals surface area contributed by atoms with E-state index in [0.717, 1.165) is 4.90 Å². The maximum absolute atomic E-state index is 12.2. The van der Waals surface area contributed by atoms with E-state index in [1.165, 1.54) is 14.0 Å². The zero-order valence-electron chi connectivity index (χ0n) is 12.3. The molecule has 0 saturated carbocycles. The molecule has 23 heavy (non-hydrogen) atoms. The summed E-state index contributed by atoms with van der Waals surface area (Å²) in [5.41, 5.74) is 6.54. The predicted octanol–water partition coefficient (Wildman–Crippen LogP) is -0.229. The highest BCUT2D eigenvalue weighted by atomic mass is 79.9. The monoisotopic (exact) mass is 393 g/mol. The number of amides is 3. The molecule has 0 bridgehead atoms. The molecular formula is C11H16BrN5O6. The molecule has 2 rings (SSSR count). The molecule has 2 aliphatic rings. The highest BCUT2D eigenvalue weighted by Gasteiger charge is 2.57. The highest BCUT2D eigenvalue weighted by molar-refractivity contribution is 9.10. The van der Waals surface area contributed by atoms with Crippen LogP contribution in [0.5, 0.6) is 0 Å². The lowest BCUT2D eigenvalue weighted by Crippen LogP contribution is -2.69. The van der Waals surface area contributed by atoms with Crippen LogP contribution in [0.1, 0.15) is 13.3 Å². The van der Waals surface area contributed by atoms with E-state index in [9.17, 15) is 19.8 Å². The largest absolute Gasteiger partial charge is 0.394 e. The molecule has 5 atom stereocenters. The van der Waals surface area contributed by atoms with Crippen LogP contribution in [0.2, 0.25) is 0 Å². The SMILES string of the molecule is CO[C@@H]1N([C@H]2C[C@@](O)(N=[N+]=[N-])[C@@H](CO)O2)C(=O)NC(=O)[C@@]1(C)Br. The number of hydrogen-bond acceptors (Lipinski definition) is 7. The van der Waals surface area contributed by atoms with Gasteiger partial charge in [-0.05, 0) is 12.5 Å². The summed E-state index contributed by atoms with van der Waals surface area (Å²) >= 11 is 3.21. The normalized spacial score (nSPS) is 40.7. The third kappa shape index (κ3) is 2.89. The first-order valence-electron chi connectivity index (χ1n) is 6.61. The second-order valence-corrected chi connectivity index (χ2v) is 7.01. The summed E-state index contributed by atoms with van der Waals surface area (Å²) in [5, 5.41) is 25.0. The maximum atomic E-state index is 12.2. The number of imide groups is 1. The lowest BCUT2D eigenvalue weighted by atomic mass is 10.0. The molecule has 0 aromatic heterocycles. The standard InChI is InChI=1S/C11H16BrN5O6/c1-10(12)7(19)14-9(20)17(8(10)22-2)6-3-11(21,15-16-13)5(4-18)23-6/h5-6,8,18,21H,3-4H2,1-2H3,(H,14,19,20)/t5-,6-,8+,10-,11+/m1/s1. The number of nitrogens with zero attached hydrogens (tertiary/aromatic N) is 4. The molecule has 2 fully saturated rings. The molecule has 0 radical (unpaired) electrons. The molecule has 2 aliphatic heterocycles. The number of urea groups is 1. The summed E-state index contributed by atoms with van der Waals surface area (Å²) in [6.07, 6.45) is -3.61. The molecule has 2 saturated heterocycles. The molecule has 0 aromatic carbocycles. The molecule has 3 amide bonds. The minimum absolute atomic E-state index is 0.285. The molecule has 12 heteroatoms. The molecule has 0 spiro atoms. The quantitative estimate of drug-likeness (QED) is 0.259. The highest BCUT2D eigenvalue weighted by Crippen LogP contribution is 2.39. The number of carbonyl (C=O) groups excluding carboxylic acids is 2. The van der Waals surface area contributed by atoms with Crippen LogP contribution in [0.3, 0.4) is 0 Å². The van der Waals surface area contributed by atoms with Crippen molar-refractivity contribution in [1.29, 1.82) is 0 Å². The number of carbonyl (C=O) groups is 2. The Hall–Kier alpha value is -1.43. The average molecular weight is 394 g/mol. The van der Waals surface area contributed by atoms with Gasteiger partial charge in [0, 0.05) is 18.4 Å². The van der Waals surface area contributed by atoms with Crippen molar-refractivity contribution in [2.24, 2.45) is 5.11 Å². The second kappa shape index (κ2) is 6.23. The van der Waals surface area contributed by atoms with Crippen molar-refractivity contribution in [3.63, 3.8) is 0 Å². The van der Waals surface area contributed by atoms with Crippen molar-refractivity contribution in [2.45, 2.75) is 42.0 Å². The van der Waals surface area contributed by atoms with E-state index in [-0.39, 0.29) is 6.42 Å². The number of azide groups is 1. The number of rotatable bonds is 4. The van der Waals surface area contributed by atoms with Gasteiger partial charge in [0.25, 0.3) is 0 Å². The number of alkyl halides is 1. The summed E-state index contributed by atoms with van der Waals surface area (Å²) in [6.45, 7) is 0.887. The average Bonchev–Trinajstić information content (AvgIpc) is 2.79. The summed E-state index contributed by atoms with van der Waals surface area (Å²) in [4.78, 5) is 27.7. The molecule has 11 nitrogen and oxygen atoms in total. The van der Waals surface area contributed by atoms with Crippen LogP contribution in [-0.4, -0.2) is 69.4 Å². The van der Waals surface area contributed by atoms with Crippen molar-refractivity contribution in [2.75, 3.05) is 13.7 Å². The fraction of sp³-hybridized carbons (Fsp3) is 0.818. The molecule has 0 aromatic rings. The van der Waals surface area contributed by atoms with E-state index in [2.05, 4.69) is 31.3 Å². The van der Waals surface area contributed by atoms with E-state index >= 15 is 0 Å². The van der Waals surface area contributed by atoms with Gasteiger partial charge < -0.3 is 19.7 Å². The third-order valence-electron chi connectivity index (χ3n) is 3.84. The zero-order chi connectivity index (χ0) is 17.4. The van der Waals surface area contributed by atoms with Crippen molar-refractivity contribution < 1.29 is 29.3 Å². The summed E-state index contributed by atoms with van der Waals surface area (Å²) in [5.74, 6) is -0.590. The number of ether oxygens (including phenoxy) is 2. The van der Waals surface area contributed by atoms with Crippen LogP contribution in [-0.2, 0) is 14.3 Å². The number of hydrogen-bond donors (Lipinski definition) is 3. The zero-order valence-corrected chi connectivity index (χ0v) is 13.9. The lowest BCUT2D eigenvalue weighted by Gasteiger charge is -2.44. The van der Waals surface area contributed by atoms with Crippen molar-refractivity contribution in [3.05, 3.63) is 10.4 Å². The van der Waals surface area contributed by atoms with Crippen LogP contribution in [0.4, 0.5) is 4.79 Å². The summed E-state index contributed by atoms with van der Waals surface area (Å²) in [7, 11) is 1.31. The number of nitrogens with one attached hydrogen (secondary N) is 1. The van der Waals surface area contributed by atoms with Gasteiger partial charge in [-0.3, -0.25) is 15.0 Å². The number of aliphatic hydroxyl groups is 2. The topological polar surface area (TPSA) is 157 Å². The van der Waals surface area contributed by atoms with E-state index in [0.29, 0.717) is 0 Å². The van der Waals surface area contributed by atoms with Gasteiger partial charge in [-0.25, -0.2) is 4.79 Å². The van der Waals surface area contributed by atoms with Gasteiger partial charge in [0.1, 0.15) is 16.7 Å². The first kappa shape index (κ1) is 17.9. The molecular weight excluding hydrogens is 378 g/mol. The molecule has 3 N–H and O–H groups in total. The van der Waals surface area contributed by atoms with Gasteiger partial charge in [-0.2, -0.15) is 0 Å². The van der Waals surface area contributed by atoms with E-state index < -0.39 is 47.2 Å². The Kier molecular flexibility index (Phi) is 4.85.